The molecule has 2 aromatic carbocycles. The maximum absolute atomic E-state index is 12.7. The summed E-state index contributed by atoms with van der Waals surface area (Å²) in [7, 11) is -3.72. The van der Waals surface area contributed by atoms with Crippen LogP contribution < -0.4 is 14.4 Å². The summed E-state index contributed by atoms with van der Waals surface area (Å²) in [5.74, 6) is 0.438. The van der Waals surface area contributed by atoms with Gasteiger partial charge in [-0.05, 0) is 54.8 Å². The molecule has 0 unspecified atom stereocenters. The van der Waals surface area contributed by atoms with Gasteiger partial charge >= 0.3 is 6.18 Å². The van der Waals surface area contributed by atoms with E-state index in [1.54, 1.807) is 0 Å². The molecule has 176 valence electrons. The molecule has 0 bridgehead atoms. The van der Waals surface area contributed by atoms with Gasteiger partial charge in [-0.2, -0.15) is 13.2 Å². The van der Waals surface area contributed by atoms with Crippen LogP contribution in [0, 0.1) is 0 Å². The molecular weight excluding hydrogens is 445 g/mol. The topological polar surface area (TPSA) is 75.7 Å². The number of nitrogens with zero attached hydrogens (tertiary/aromatic N) is 1. The van der Waals surface area contributed by atoms with Crippen molar-refractivity contribution in [2.45, 2.75) is 32.4 Å². The zero-order valence-electron chi connectivity index (χ0n) is 18.0. The molecule has 1 amide bonds. The SMILES string of the molecule is CCc1ccc(OCCNC(=O)CCCN(c2ccc(C(F)(F)F)cc2)S(C)(=O)=O)cc1. The molecule has 1 N–H and O–H groups in total. The first kappa shape index (κ1) is 25.5. The zero-order chi connectivity index (χ0) is 23.8. The molecule has 0 saturated heterocycles. The predicted octanol–water partition coefficient (Wildman–Crippen LogP) is 4.01. The molecule has 0 saturated carbocycles. The lowest BCUT2D eigenvalue weighted by Gasteiger charge is -2.22. The first-order valence-corrected chi connectivity index (χ1v) is 12.0. The molecule has 0 radical (unpaired) electrons. The van der Waals surface area contributed by atoms with Gasteiger partial charge in [0.15, 0.2) is 0 Å². The lowest BCUT2D eigenvalue weighted by Crippen LogP contribution is -2.33. The van der Waals surface area contributed by atoms with Crippen LogP contribution in [0.3, 0.4) is 0 Å². The monoisotopic (exact) mass is 472 g/mol. The number of rotatable bonds is 11. The normalized spacial score (nSPS) is 11.8. The summed E-state index contributed by atoms with van der Waals surface area (Å²) in [5, 5.41) is 2.69. The fraction of sp³-hybridized carbons (Fsp3) is 0.409. The molecule has 2 rings (SSSR count). The van der Waals surface area contributed by atoms with Crippen molar-refractivity contribution in [3.63, 3.8) is 0 Å². The Labute approximate surface area is 186 Å². The van der Waals surface area contributed by atoms with E-state index in [4.69, 9.17) is 4.74 Å². The van der Waals surface area contributed by atoms with Crippen molar-refractivity contribution in [1.29, 1.82) is 0 Å². The van der Waals surface area contributed by atoms with E-state index in [9.17, 15) is 26.4 Å². The Bertz CT molecular complexity index is 976. The fourth-order valence-electron chi connectivity index (χ4n) is 2.96. The number of halogens is 3. The summed E-state index contributed by atoms with van der Waals surface area (Å²) in [4.78, 5) is 12.0. The number of sulfonamides is 1. The number of alkyl halides is 3. The van der Waals surface area contributed by atoms with Gasteiger partial charge in [-0.1, -0.05) is 19.1 Å². The Balaban J connectivity index is 1.79. The molecule has 6 nitrogen and oxygen atoms in total. The average Bonchev–Trinajstić information content (AvgIpc) is 2.73. The maximum Gasteiger partial charge on any atom is 0.416 e. The van der Waals surface area contributed by atoms with Gasteiger partial charge in [0.25, 0.3) is 0 Å². The number of anilines is 1. The maximum atomic E-state index is 12.7. The number of ether oxygens (including phenoxy) is 1. The molecule has 0 spiro atoms. The average molecular weight is 473 g/mol. The third-order valence-corrected chi connectivity index (χ3v) is 5.87. The van der Waals surface area contributed by atoms with Crippen LogP contribution in [-0.4, -0.2) is 40.3 Å². The first-order chi connectivity index (χ1) is 15.0. The van der Waals surface area contributed by atoms with Crippen LogP contribution in [0.4, 0.5) is 18.9 Å². The molecule has 32 heavy (non-hydrogen) atoms. The Morgan fingerprint density at radius 2 is 1.69 bits per heavy atom. The zero-order valence-corrected chi connectivity index (χ0v) is 18.8. The highest BCUT2D eigenvalue weighted by Gasteiger charge is 2.30. The number of benzene rings is 2. The van der Waals surface area contributed by atoms with E-state index in [0.717, 1.165) is 41.2 Å². The third-order valence-electron chi connectivity index (χ3n) is 4.67. The summed E-state index contributed by atoms with van der Waals surface area (Å²) < 4.78 is 68.8. The van der Waals surface area contributed by atoms with Gasteiger partial charge in [0.05, 0.1) is 24.1 Å². The number of carbonyl (C=O) groups excluding carboxylic acids is 1. The van der Waals surface area contributed by atoms with E-state index < -0.39 is 21.8 Å². The van der Waals surface area contributed by atoms with Crippen LogP contribution in [0.25, 0.3) is 0 Å². The molecule has 0 heterocycles. The number of carbonyl (C=O) groups is 1. The number of hydrogen-bond acceptors (Lipinski definition) is 4. The number of hydrogen-bond donors (Lipinski definition) is 1. The highest BCUT2D eigenvalue weighted by Crippen LogP contribution is 2.31. The molecular formula is C22H27F3N2O4S. The lowest BCUT2D eigenvalue weighted by molar-refractivity contribution is -0.137. The molecule has 0 fully saturated rings. The second-order valence-corrected chi connectivity index (χ2v) is 9.09. The quantitative estimate of drug-likeness (QED) is 0.502. The van der Waals surface area contributed by atoms with E-state index in [-0.39, 0.29) is 37.6 Å². The fourth-order valence-corrected chi connectivity index (χ4v) is 3.92. The molecule has 2 aromatic rings. The van der Waals surface area contributed by atoms with Crippen molar-refractivity contribution < 1.29 is 31.1 Å². The Hall–Kier alpha value is -2.75. The van der Waals surface area contributed by atoms with Gasteiger partial charge in [-0.15, -0.1) is 0 Å². The van der Waals surface area contributed by atoms with Gasteiger partial charge < -0.3 is 10.1 Å². The van der Waals surface area contributed by atoms with Crippen LogP contribution in [0.15, 0.2) is 48.5 Å². The largest absolute Gasteiger partial charge is 0.492 e. The first-order valence-electron chi connectivity index (χ1n) is 10.1. The Kier molecular flexibility index (Phi) is 8.94. The van der Waals surface area contributed by atoms with Gasteiger partial charge in [-0.3, -0.25) is 9.10 Å². The minimum atomic E-state index is -4.50. The van der Waals surface area contributed by atoms with E-state index >= 15 is 0 Å². The van der Waals surface area contributed by atoms with Crippen molar-refractivity contribution in [2.75, 3.05) is 30.3 Å². The van der Waals surface area contributed by atoms with E-state index in [1.807, 2.05) is 24.3 Å². The minimum Gasteiger partial charge on any atom is -0.492 e. The third kappa shape index (κ3) is 8.07. The predicted molar refractivity (Wildman–Crippen MR) is 117 cm³/mol. The molecule has 0 atom stereocenters. The van der Waals surface area contributed by atoms with Crippen LogP contribution >= 0.6 is 0 Å². The smallest absolute Gasteiger partial charge is 0.416 e. The minimum absolute atomic E-state index is 0.0299. The summed E-state index contributed by atoms with van der Waals surface area (Å²) in [5.41, 5.74) is 0.450. The van der Waals surface area contributed by atoms with Gasteiger partial charge in [-0.25, -0.2) is 8.42 Å². The highest BCUT2D eigenvalue weighted by molar-refractivity contribution is 7.92. The summed E-state index contributed by atoms with van der Waals surface area (Å²) in [6.07, 6.45) is -2.33. The Morgan fingerprint density at radius 1 is 1.06 bits per heavy atom. The van der Waals surface area contributed by atoms with Crippen molar-refractivity contribution in [3.8, 4) is 5.75 Å². The molecule has 0 aliphatic rings. The molecule has 0 aliphatic carbocycles. The van der Waals surface area contributed by atoms with Crippen molar-refractivity contribution in [3.05, 3.63) is 59.7 Å². The van der Waals surface area contributed by atoms with E-state index in [0.29, 0.717) is 12.3 Å². The van der Waals surface area contributed by atoms with E-state index in [2.05, 4.69) is 12.2 Å². The highest BCUT2D eigenvalue weighted by atomic mass is 32.2. The van der Waals surface area contributed by atoms with Crippen molar-refractivity contribution in [1.82, 2.24) is 5.32 Å². The number of aryl methyl sites for hydroxylation is 1. The van der Waals surface area contributed by atoms with Gasteiger partial charge in [0.2, 0.25) is 15.9 Å². The Morgan fingerprint density at radius 3 is 2.22 bits per heavy atom. The molecule has 0 aliphatic heterocycles. The summed E-state index contributed by atoms with van der Waals surface area (Å²) in [6.45, 7) is 2.61. The lowest BCUT2D eigenvalue weighted by atomic mass is 10.2. The summed E-state index contributed by atoms with van der Waals surface area (Å²) in [6, 6.07) is 11.5. The van der Waals surface area contributed by atoms with Crippen LogP contribution in [0.1, 0.15) is 30.9 Å². The number of amides is 1. The van der Waals surface area contributed by atoms with Crippen molar-refractivity contribution >= 4 is 21.6 Å². The van der Waals surface area contributed by atoms with Crippen LogP contribution in [0.2, 0.25) is 0 Å². The van der Waals surface area contributed by atoms with Crippen LogP contribution in [-0.2, 0) is 27.4 Å². The standard InChI is InChI=1S/C22H27F3N2O4S/c1-3-17-6-12-20(13-7-17)31-16-14-26-21(28)5-4-15-27(32(2,29)30)19-10-8-18(9-11-19)22(23,24)25/h6-13H,3-5,14-16H2,1-2H3,(H,26,28). The summed E-state index contributed by atoms with van der Waals surface area (Å²) >= 11 is 0. The van der Waals surface area contributed by atoms with E-state index in [1.165, 1.54) is 5.56 Å². The molecule has 0 aromatic heterocycles. The van der Waals surface area contributed by atoms with Crippen LogP contribution in [0.5, 0.6) is 5.75 Å². The van der Waals surface area contributed by atoms with Gasteiger partial charge in [0, 0.05) is 13.0 Å². The number of nitrogens with one attached hydrogen (secondary N) is 1. The van der Waals surface area contributed by atoms with Crippen molar-refractivity contribution in [2.24, 2.45) is 0 Å². The second kappa shape index (κ2) is 11.2. The molecule has 10 heteroatoms. The second-order valence-electron chi connectivity index (χ2n) is 7.18. The van der Waals surface area contributed by atoms with Gasteiger partial charge in [0.1, 0.15) is 12.4 Å².